The van der Waals surface area contributed by atoms with E-state index in [1.807, 2.05) is 13.0 Å². The summed E-state index contributed by atoms with van der Waals surface area (Å²) < 4.78 is 12.5. The van der Waals surface area contributed by atoms with E-state index in [0.29, 0.717) is 39.2 Å². The lowest BCUT2D eigenvalue weighted by molar-refractivity contribution is -0.384. The summed E-state index contributed by atoms with van der Waals surface area (Å²) >= 11 is 8.91. The molecule has 2 amide bonds. The minimum atomic E-state index is -0.454. The molecule has 0 saturated carbocycles. The zero-order valence-electron chi connectivity index (χ0n) is 19.5. The maximum Gasteiger partial charge on any atom is 0.293 e. The van der Waals surface area contributed by atoms with Crippen LogP contribution < -0.4 is 9.47 Å². The molecule has 3 aromatic rings. The molecule has 4 rings (SSSR count). The van der Waals surface area contributed by atoms with Gasteiger partial charge in [0, 0.05) is 17.2 Å². The summed E-state index contributed by atoms with van der Waals surface area (Å²) in [6.45, 7) is 2.49. The maximum atomic E-state index is 13.0. The Kier molecular flexibility index (Phi) is 8.72. The first-order valence-corrected chi connectivity index (χ1v) is 13.3. The molecule has 0 atom stereocenters. The summed E-state index contributed by atoms with van der Waals surface area (Å²) in [6, 6.07) is 16.8. The average Bonchev–Trinajstić information content (AvgIpc) is 3.12. The number of non-ortho nitro benzene ring substituents is 1. The normalized spacial score (nSPS) is 14.4. The number of benzene rings is 3. The second-order valence-electron chi connectivity index (χ2n) is 7.87. The van der Waals surface area contributed by atoms with Crippen LogP contribution in [0, 0.1) is 13.7 Å². The molecule has 0 aromatic heterocycles. The lowest BCUT2D eigenvalue weighted by Gasteiger charge is -2.15. The van der Waals surface area contributed by atoms with E-state index in [1.165, 1.54) is 17.0 Å². The second kappa shape index (κ2) is 12.0. The van der Waals surface area contributed by atoms with Crippen molar-refractivity contribution in [1.82, 2.24) is 4.90 Å². The summed E-state index contributed by atoms with van der Waals surface area (Å²) in [5.74, 6) is 0.581. The van der Waals surface area contributed by atoms with Crippen LogP contribution in [0.3, 0.4) is 0 Å². The van der Waals surface area contributed by atoms with Gasteiger partial charge in [-0.25, -0.2) is 0 Å². The molecule has 11 heteroatoms. The van der Waals surface area contributed by atoms with E-state index in [4.69, 9.17) is 21.1 Å². The Morgan fingerprint density at radius 3 is 2.54 bits per heavy atom. The maximum absolute atomic E-state index is 13.0. The van der Waals surface area contributed by atoms with Crippen molar-refractivity contribution in [3.8, 4) is 11.5 Å². The summed E-state index contributed by atoms with van der Waals surface area (Å²) in [5.41, 5.74) is 2.10. The van der Waals surface area contributed by atoms with Gasteiger partial charge < -0.3 is 9.47 Å². The van der Waals surface area contributed by atoms with E-state index in [9.17, 15) is 19.7 Å². The van der Waals surface area contributed by atoms with E-state index < -0.39 is 4.92 Å². The second-order valence-corrected chi connectivity index (χ2v) is 10.5. The van der Waals surface area contributed by atoms with Gasteiger partial charge in [0.25, 0.3) is 16.8 Å². The van der Waals surface area contributed by atoms with Crippen LogP contribution >= 0.6 is 46.0 Å². The van der Waals surface area contributed by atoms with Gasteiger partial charge in [-0.1, -0.05) is 35.9 Å². The molecule has 1 aliphatic heterocycles. The highest BCUT2D eigenvalue weighted by atomic mass is 127. The number of hydrogen-bond acceptors (Lipinski definition) is 7. The topological polar surface area (TPSA) is 99.0 Å². The van der Waals surface area contributed by atoms with Gasteiger partial charge in [0.15, 0.2) is 11.5 Å². The number of nitrogens with zero attached hydrogens (tertiary/aromatic N) is 2. The van der Waals surface area contributed by atoms with E-state index >= 15 is 0 Å². The number of imide groups is 1. The number of rotatable bonds is 9. The summed E-state index contributed by atoms with van der Waals surface area (Å²) in [6.07, 6.45) is 1.65. The van der Waals surface area contributed by atoms with Gasteiger partial charge in [-0.3, -0.25) is 24.6 Å². The van der Waals surface area contributed by atoms with Crippen molar-refractivity contribution in [2.75, 3.05) is 6.61 Å². The van der Waals surface area contributed by atoms with Crippen LogP contribution in [0.25, 0.3) is 6.08 Å². The number of hydrogen-bond donors (Lipinski definition) is 0. The van der Waals surface area contributed by atoms with Gasteiger partial charge in [0.2, 0.25) is 0 Å². The number of thioether (sulfide) groups is 1. The molecule has 8 nitrogen and oxygen atoms in total. The Labute approximate surface area is 235 Å². The Morgan fingerprint density at radius 2 is 1.84 bits per heavy atom. The minimum Gasteiger partial charge on any atom is -0.490 e. The highest BCUT2D eigenvalue weighted by Crippen LogP contribution is 2.38. The minimum absolute atomic E-state index is 0.0128. The SMILES string of the molecule is CCOc1cc(/C=C2/SC(=O)N(Cc3ccc(Cl)cc3)C2=O)cc(I)c1OCc1cccc([N+](=O)[O-])c1. The number of nitro groups is 1. The molecule has 1 saturated heterocycles. The van der Waals surface area contributed by atoms with Crippen molar-refractivity contribution < 1.29 is 24.0 Å². The molecule has 0 bridgehead atoms. The first-order valence-electron chi connectivity index (χ1n) is 11.1. The molecular formula is C26H20ClIN2O6S. The molecule has 37 heavy (non-hydrogen) atoms. The molecule has 0 spiro atoms. The monoisotopic (exact) mass is 650 g/mol. The van der Waals surface area contributed by atoms with Crippen LogP contribution in [0.4, 0.5) is 10.5 Å². The van der Waals surface area contributed by atoms with Crippen molar-refractivity contribution >= 4 is 68.9 Å². The predicted molar refractivity (Wildman–Crippen MR) is 151 cm³/mol. The Morgan fingerprint density at radius 1 is 1.08 bits per heavy atom. The van der Waals surface area contributed by atoms with Crippen LogP contribution in [-0.2, 0) is 17.9 Å². The smallest absolute Gasteiger partial charge is 0.293 e. The Balaban J connectivity index is 1.54. The van der Waals surface area contributed by atoms with Crippen LogP contribution in [0.5, 0.6) is 11.5 Å². The molecular weight excluding hydrogens is 631 g/mol. The van der Waals surface area contributed by atoms with Gasteiger partial charge in [-0.15, -0.1) is 0 Å². The summed E-state index contributed by atoms with van der Waals surface area (Å²) in [5, 5.41) is 11.3. The molecule has 1 heterocycles. The van der Waals surface area contributed by atoms with Crippen molar-refractivity contribution in [3.63, 3.8) is 0 Å². The van der Waals surface area contributed by atoms with E-state index in [0.717, 1.165) is 20.9 Å². The number of halogens is 2. The summed E-state index contributed by atoms with van der Waals surface area (Å²) in [4.78, 5) is 37.6. The number of amides is 2. The number of carbonyl (C=O) groups excluding carboxylic acids is 2. The van der Waals surface area contributed by atoms with Crippen molar-refractivity contribution in [2.24, 2.45) is 0 Å². The molecule has 0 radical (unpaired) electrons. The average molecular weight is 651 g/mol. The first-order chi connectivity index (χ1) is 17.7. The first kappa shape index (κ1) is 27.0. The fourth-order valence-electron chi connectivity index (χ4n) is 3.55. The van der Waals surface area contributed by atoms with Crippen LogP contribution in [-0.4, -0.2) is 27.6 Å². The third kappa shape index (κ3) is 6.62. The third-order valence-electron chi connectivity index (χ3n) is 5.26. The van der Waals surface area contributed by atoms with Crippen LogP contribution in [0.15, 0.2) is 65.6 Å². The molecule has 0 N–H and O–H groups in total. The molecule has 1 fully saturated rings. The molecule has 0 unspecified atom stereocenters. The van der Waals surface area contributed by atoms with Gasteiger partial charge >= 0.3 is 0 Å². The predicted octanol–water partition coefficient (Wildman–Crippen LogP) is 7.07. The van der Waals surface area contributed by atoms with E-state index in [2.05, 4.69) is 22.6 Å². The standard InChI is InChI=1S/C26H20ClIN2O6S/c1-2-35-22-12-18(11-21(28)24(22)36-15-17-4-3-5-20(10-17)30(33)34)13-23-25(31)29(26(32)37-23)14-16-6-8-19(27)9-7-16/h3-13H,2,14-15H2,1H3/b23-13+. The van der Waals surface area contributed by atoms with Crippen LogP contribution in [0.2, 0.25) is 5.02 Å². The van der Waals surface area contributed by atoms with Gasteiger partial charge in [0.1, 0.15) is 6.61 Å². The Bertz CT molecular complexity index is 1400. The van der Waals surface area contributed by atoms with Gasteiger partial charge in [0.05, 0.1) is 26.6 Å². The number of ether oxygens (including phenoxy) is 2. The highest BCUT2D eigenvalue weighted by molar-refractivity contribution is 14.1. The zero-order valence-corrected chi connectivity index (χ0v) is 23.2. The van der Waals surface area contributed by atoms with Crippen LogP contribution in [0.1, 0.15) is 23.6 Å². The van der Waals surface area contributed by atoms with Gasteiger partial charge in [-0.2, -0.15) is 0 Å². The zero-order chi connectivity index (χ0) is 26.5. The highest BCUT2D eigenvalue weighted by Gasteiger charge is 2.35. The number of nitro benzene ring substituents is 1. The Hall–Kier alpha value is -3.09. The molecule has 190 valence electrons. The fraction of sp³-hybridized carbons (Fsp3) is 0.154. The quantitative estimate of drug-likeness (QED) is 0.106. The van der Waals surface area contributed by atoms with E-state index in [-0.39, 0.29) is 30.0 Å². The lowest BCUT2D eigenvalue weighted by atomic mass is 10.1. The largest absolute Gasteiger partial charge is 0.490 e. The molecule has 1 aliphatic rings. The third-order valence-corrected chi connectivity index (χ3v) is 7.22. The summed E-state index contributed by atoms with van der Waals surface area (Å²) in [7, 11) is 0. The lowest BCUT2D eigenvalue weighted by Crippen LogP contribution is -2.27. The fourth-order valence-corrected chi connectivity index (χ4v) is 5.30. The molecule has 3 aromatic carbocycles. The van der Waals surface area contributed by atoms with Crippen molar-refractivity contribution in [1.29, 1.82) is 0 Å². The van der Waals surface area contributed by atoms with E-state index in [1.54, 1.807) is 48.5 Å². The number of carbonyl (C=O) groups is 2. The molecule has 0 aliphatic carbocycles. The van der Waals surface area contributed by atoms with Crippen molar-refractivity contribution in [3.05, 3.63) is 101 Å². The van der Waals surface area contributed by atoms with Crippen molar-refractivity contribution in [2.45, 2.75) is 20.1 Å². The van der Waals surface area contributed by atoms with Gasteiger partial charge in [-0.05, 0) is 88.3 Å².